The Hall–Kier alpha value is -2.13. The molecule has 0 atom stereocenters. The van der Waals surface area contributed by atoms with Crippen LogP contribution < -0.4 is 4.74 Å². The first kappa shape index (κ1) is 12.3. The summed E-state index contributed by atoms with van der Waals surface area (Å²) in [5.74, 6) is 0.126. The van der Waals surface area contributed by atoms with Crippen LogP contribution in [-0.2, 0) is 9.53 Å². The molecule has 0 aliphatic heterocycles. The van der Waals surface area contributed by atoms with Gasteiger partial charge < -0.3 is 9.47 Å². The van der Waals surface area contributed by atoms with E-state index in [-0.39, 0.29) is 6.61 Å². The van der Waals surface area contributed by atoms with E-state index < -0.39 is 5.97 Å². The molecule has 18 heavy (non-hydrogen) atoms. The van der Waals surface area contributed by atoms with Gasteiger partial charge in [0.25, 0.3) is 0 Å². The molecule has 92 valence electrons. The van der Waals surface area contributed by atoms with Crippen molar-refractivity contribution in [2.45, 2.75) is 0 Å². The van der Waals surface area contributed by atoms with Crippen molar-refractivity contribution in [2.75, 3.05) is 13.7 Å². The van der Waals surface area contributed by atoms with Crippen LogP contribution in [0.15, 0.2) is 54.6 Å². The SMILES string of the molecule is COCC(=O)Oc1cccc(-c2ccccc2)c1. The van der Waals surface area contributed by atoms with Crippen LogP contribution >= 0.6 is 0 Å². The lowest BCUT2D eigenvalue weighted by Gasteiger charge is -2.06. The normalized spacial score (nSPS) is 10.1. The van der Waals surface area contributed by atoms with Gasteiger partial charge in [0, 0.05) is 7.11 Å². The molecule has 0 bridgehead atoms. The summed E-state index contributed by atoms with van der Waals surface area (Å²) in [5.41, 5.74) is 2.10. The molecule has 2 aromatic carbocycles. The topological polar surface area (TPSA) is 35.5 Å². The van der Waals surface area contributed by atoms with Crippen molar-refractivity contribution in [1.82, 2.24) is 0 Å². The first-order chi connectivity index (χ1) is 8.79. The van der Waals surface area contributed by atoms with Crippen molar-refractivity contribution >= 4 is 5.97 Å². The predicted molar refractivity (Wildman–Crippen MR) is 69.4 cm³/mol. The molecule has 0 heterocycles. The molecule has 3 nitrogen and oxygen atoms in total. The van der Waals surface area contributed by atoms with Gasteiger partial charge >= 0.3 is 5.97 Å². The molecule has 0 spiro atoms. The number of rotatable bonds is 4. The third-order valence-corrected chi connectivity index (χ3v) is 2.44. The minimum Gasteiger partial charge on any atom is -0.425 e. The molecular weight excluding hydrogens is 228 g/mol. The predicted octanol–water partition coefficient (Wildman–Crippen LogP) is 2.91. The standard InChI is InChI=1S/C15H14O3/c1-17-11-15(16)18-14-9-5-8-13(10-14)12-6-3-2-4-7-12/h2-10H,11H2,1H3. The number of carbonyl (C=O) groups excluding carboxylic acids is 1. The van der Waals surface area contributed by atoms with Gasteiger partial charge in [-0.3, -0.25) is 0 Å². The van der Waals surface area contributed by atoms with Gasteiger partial charge in [-0.15, -0.1) is 0 Å². The van der Waals surface area contributed by atoms with E-state index in [0.29, 0.717) is 5.75 Å². The highest BCUT2D eigenvalue weighted by molar-refractivity contribution is 5.74. The summed E-state index contributed by atoms with van der Waals surface area (Å²) in [6.07, 6.45) is 0. The fourth-order valence-corrected chi connectivity index (χ4v) is 1.65. The average Bonchev–Trinajstić information content (AvgIpc) is 2.40. The quantitative estimate of drug-likeness (QED) is 0.611. The molecule has 0 fully saturated rings. The van der Waals surface area contributed by atoms with Crippen LogP contribution in [-0.4, -0.2) is 19.7 Å². The smallest absolute Gasteiger partial charge is 0.337 e. The lowest BCUT2D eigenvalue weighted by molar-refractivity contribution is -0.138. The Morgan fingerprint density at radius 2 is 1.72 bits per heavy atom. The van der Waals surface area contributed by atoms with Crippen LogP contribution in [0.3, 0.4) is 0 Å². The van der Waals surface area contributed by atoms with Gasteiger partial charge in [0.1, 0.15) is 12.4 Å². The van der Waals surface area contributed by atoms with Crippen molar-refractivity contribution in [3.8, 4) is 16.9 Å². The number of ether oxygens (including phenoxy) is 2. The Kier molecular flexibility index (Phi) is 4.10. The van der Waals surface area contributed by atoms with Crippen LogP contribution in [0.1, 0.15) is 0 Å². The summed E-state index contributed by atoms with van der Waals surface area (Å²) in [4.78, 5) is 11.3. The van der Waals surface area contributed by atoms with E-state index >= 15 is 0 Å². The number of hydrogen-bond acceptors (Lipinski definition) is 3. The monoisotopic (exact) mass is 242 g/mol. The Bertz CT molecular complexity index is 520. The van der Waals surface area contributed by atoms with E-state index in [0.717, 1.165) is 11.1 Å². The number of hydrogen-bond donors (Lipinski definition) is 0. The molecule has 3 heteroatoms. The van der Waals surface area contributed by atoms with Gasteiger partial charge in [-0.1, -0.05) is 42.5 Å². The summed E-state index contributed by atoms with van der Waals surface area (Å²) in [6, 6.07) is 17.3. The second-order valence-electron chi connectivity index (χ2n) is 3.80. The molecule has 2 rings (SSSR count). The van der Waals surface area contributed by atoms with E-state index in [1.54, 1.807) is 6.07 Å². The zero-order chi connectivity index (χ0) is 12.8. The maximum atomic E-state index is 11.3. The Labute approximate surface area is 106 Å². The molecule has 0 N–H and O–H groups in total. The minimum absolute atomic E-state index is 0.0461. The van der Waals surface area contributed by atoms with Crippen molar-refractivity contribution in [2.24, 2.45) is 0 Å². The largest absolute Gasteiger partial charge is 0.425 e. The number of methoxy groups -OCH3 is 1. The van der Waals surface area contributed by atoms with Crippen LogP contribution in [0, 0.1) is 0 Å². The van der Waals surface area contributed by atoms with Crippen molar-refractivity contribution in [3.05, 3.63) is 54.6 Å². The van der Waals surface area contributed by atoms with E-state index in [1.165, 1.54) is 7.11 Å². The van der Waals surface area contributed by atoms with Gasteiger partial charge in [-0.25, -0.2) is 4.79 Å². The summed E-state index contributed by atoms with van der Waals surface area (Å²) in [5, 5.41) is 0. The fourth-order valence-electron chi connectivity index (χ4n) is 1.65. The third kappa shape index (κ3) is 3.18. The lowest BCUT2D eigenvalue weighted by Crippen LogP contribution is -2.14. The minimum atomic E-state index is -0.400. The number of carbonyl (C=O) groups is 1. The second-order valence-corrected chi connectivity index (χ2v) is 3.80. The van der Waals surface area contributed by atoms with Crippen molar-refractivity contribution < 1.29 is 14.3 Å². The van der Waals surface area contributed by atoms with Crippen molar-refractivity contribution in [3.63, 3.8) is 0 Å². The molecule has 0 amide bonds. The maximum absolute atomic E-state index is 11.3. The summed E-state index contributed by atoms with van der Waals surface area (Å²) >= 11 is 0. The van der Waals surface area contributed by atoms with Crippen LogP contribution in [0.4, 0.5) is 0 Å². The molecular formula is C15H14O3. The van der Waals surface area contributed by atoms with E-state index in [1.807, 2.05) is 48.5 Å². The van der Waals surface area contributed by atoms with Gasteiger partial charge in [0.15, 0.2) is 0 Å². The first-order valence-electron chi connectivity index (χ1n) is 5.64. The van der Waals surface area contributed by atoms with Gasteiger partial charge in [-0.05, 0) is 23.3 Å². The molecule has 0 aliphatic carbocycles. The van der Waals surface area contributed by atoms with Crippen LogP contribution in [0.25, 0.3) is 11.1 Å². The first-order valence-corrected chi connectivity index (χ1v) is 5.64. The molecule has 0 aliphatic rings. The molecule has 0 unspecified atom stereocenters. The zero-order valence-electron chi connectivity index (χ0n) is 10.1. The maximum Gasteiger partial charge on any atom is 0.337 e. The highest BCUT2D eigenvalue weighted by Crippen LogP contribution is 2.23. The number of benzene rings is 2. The fraction of sp³-hybridized carbons (Fsp3) is 0.133. The van der Waals surface area contributed by atoms with E-state index in [2.05, 4.69) is 0 Å². The Balaban J connectivity index is 2.18. The summed E-state index contributed by atoms with van der Waals surface area (Å²) in [6.45, 7) is -0.0461. The Morgan fingerprint density at radius 3 is 2.44 bits per heavy atom. The van der Waals surface area contributed by atoms with E-state index in [4.69, 9.17) is 9.47 Å². The Morgan fingerprint density at radius 1 is 1.00 bits per heavy atom. The van der Waals surface area contributed by atoms with Gasteiger partial charge in [0.05, 0.1) is 0 Å². The van der Waals surface area contributed by atoms with Crippen molar-refractivity contribution in [1.29, 1.82) is 0 Å². The molecule has 2 aromatic rings. The molecule has 0 saturated heterocycles. The van der Waals surface area contributed by atoms with E-state index in [9.17, 15) is 4.79 Å². The number of esters is 1. The van der Waals surface area contributed by atoms with Gasteiger partial charge in [0.2, 0.25) is 0 Å². The molecule has 0 radical (unpaired) electrons. The molecule has 0 saturated carbocycles. The van der Waals surface area contributed by atoms with Crippen LogP contribution in [0.2, 0.25) is 0 Å². The third-order valence-electron chi connectivity index (χ3n) is 2.44. The van der Waals surface area contributed by atoms with Crippen LogP contribution in [0.5, 0.6) is 5.75 Å². The highest BCUT2D eigenvalue weighted by atomic mass is 16.6. The average molecular weight is 242 g/mol. The zero-order valence-corrected chi connectivity index (χ0v) is 10.1. The summed E-state index contributed by atoms with van der Waals surface area (Å²) < 4.78 is 9.87. The lowest BCUT2D eigenvalue weighted by atomic mass is 10.1. The molecule has 0 aromatic heterocycles. The highest BCUT2D eigenvalue weighted by Gasteiger charge is 2.05. The van der Waals surface area contributed by atoms with Gasteiger partial charge in [-0.2, -0.15) is 0 Å². The summed E-state index contributed by atoms with van der Waals surface area (Å²) in [7, 11) is 1.46. The second kappa shape index (κ2) is 5.98.